The molecule has 0 atom stereocenters. The third-order valence-corrected chi connectivity index (χ3v) is 3.13. The summed E-state index contributed by atoms with van der Waals surface area (Å²) in [5.41, 5.74) is 0.180. The molecule has 24 heavy (non-hydrogen) atoms. The van der Waals surface area contributed by atoms with E-state index in [0.717, 1.165) is 0 Å². The minimum absolute atomic E-state index is 0.133. The standard InChI is InChI=1S/C16H20ClNO6/c1-5-23-15(19)10(16(20)24-6-2)9-18-12-8-13(21-3)11(17)7-14(12)22-4/h7-9,18H,5-6H2,1-4H3. The fourth-order valence-electron chi connectivity index (χ4n) is 1.74. The molecule has 1 aromatic carbocycles. The minimum atomic E-state index is -0.789. The second-order valence-electron chi connectivity index (χ2n) is 4.33. The van der Waals surface area contributed by atoms with Crippen LogP contribution in [-0.4, -0.2) is 39.4 Å². The smallest absolute Gasteiger partial charge is 0.347 e. The van der Waals surface area contributed by atoms with Crippen LogP contribution in [0.15, 0.2) is 23.9 Å². The Morgan fingerprint density at radius 1 is 1.04 bits per heavy atom. The number of carbonyl (C=O) groups excluding carboxylic acids is 2. The van der Waals surface area contributed by atoms with Gasteiger partial charge in [0, 0.05) is 18.3 Å². The number of carbonyl (C=O) groups is 2. The maximum atomic E-state index is 11.9. The minimum Gasteiger partial charge on any atom is -0.495 e. The number of halogens is 1. The molecule has 0 spiro atoms. The SMILES string of the molecule is CCOC(=O)C(=CNc1cc(OC)c(Cl)cc1OC)C(=O)OCC. The molecule has 0 aliphatic carbocycles. The summed E-state index contributed by atoms with van der Waals surface area (Å²) in [6.07, 6.45) is 1.20. The van der Waals surface area contributed by atoms with E-state index >= 15 is 0 Å². The van der Waals surface area contributed by atoms with Crippen LogP contribution in [0.5, 0.6) is 11.5 Å². The lowest BCUT2D eigenvalue weighted by Gasteiger charge is -2.13. The van der Waals surface area contributed by atoms with E-state index in [1.807, 2.05) is 0 Å². The van der Waals surface area contributed by atoms with Crippen molar-refractivity contribution in [3.63, 3.8) is 0 Å². The van der Waals surface area contributed by atoms with Crippen molar-refractivity contribution >= 4 is 29.2 Å². The van der Waals surface area contributed by atoms with Crippen molar-refractivity contribution in [1.29, 1.82) is 0 Å². The zero-order chi connectivity index (χ0) is 18.1. The maximum absolute atomic E-state index is 11.9. The molecule has 0 amide bonds. The summed E-state index contributed by atoms with van der Waals surface area (Å²) >= 11 is 6.03. The first-order valence-electron chi connectivity index (χ1n) is 7.20. The molecule has 0 heterocycles. The largest absolute Gasteiger partial charge is 0.495 e. The molecule has 0 unspecified atom stereocenters. The zero-order valence-corrected chi connectivity index (χ0v) is 14.7. The van der Waals surface area contributed by atoms with E-state index in [0.29, 0.717) is 22.2 Å². The highest BCUT2D eigenvalue weighted by Crippen LogP contribution is 2.35. The van der Waals surface area contributed by atoms with Crippen molar-refractivity contribution in [2.24, 2.45) is 0 Å². The number of rotatable bonds is 8. The Bertz CT molecular complexity index is 609. The zero-order valence-electron chi connectivity index (χ0n) is 14.0. The van der Waals surface area contributed by atoms with Gasteiger partial charge >= 0.3 is 11.9 Å². The van der Waals surface area contributed by atoms with E-state index in [1.54, 1.807) is 26.0 Å². The molecular weight excluding hydrogens is 338 g/mol. The first-order chi connectivity index (χ1) is 11.5. The topological polar surface area (TPSA) is 83.1 Å². The van der Waals surface area contributed by atoms with Gasteiger partial charge in [0.25, 0.3) is 0 Å². The monoisotopic (exact) mass is 357 g/mol. The van der Waals surface area contributed by atoms with Gasteiger partial charge in [-0.3, -0.25) is 0 Å². The third-order valence-electron chi connectivity index (χ3n) is 2.84. The Hall–Kier alpha value is -2.41. The summed E-state index contributed by atoms with van der Waals surface area (Å²) in [5, 5.41) is 3.18. The second-order valence-corrected chi connectivity index (χ2v) is 4.74. The van der Waals surface area contributed by atoms with Crippen LogP contribution >= 0.6 is 11.6 Å². The number of hydrogen-bond donors (Lipinski definition) is 1. The van der Waals surface area contributed by atoms with Crippen molar-refractivity contribution in [2.45, 2.75) is 13.8 Å². The van der Waals surface area contributed by atoms with E-state index in [4.69, 9.17) is 30.5 Å². The van der Waals surface area contributed by atoms with Crippen molar-refractivity contribution in [2.75, 3.05) is 32.8 Å². The van der Waals surface area contributed by atoms with Gasteiger partial charge in [-0.15, -0.1) is 0 Å². The Morgan fingerprint density at radius 3 is 2.04 bits per heavy atom. The lowest BCUT2D eigenvalue weighted by molar-refractivity contribution is -0.146. The molecule has 0 aromatic heterocycles. The maximum Gasteiger partial charge on any atom is 0.347 e. The first-order valence-corrected chi connectivity index (χ1v) is 7.58. The van der Waals surface area contributed by atoms with Crippen molar-refractivity contribution in [3.05, 3.63) is 28.9 Å². The lowest BCUT2D eigenvalue weighted by atomic mass is 10.2. The van der Waals surface area contributed by atoms with Crippen LogP contribution in [0.25, 0.3) is 0 Å². The highest BCUT2D eigenvalue weighted by atomic mass is 35.5. The number of nitrogens with one attached hydrogen (secondary N) is 1. The third kappa shape index (κ3) is 5.06. The summed E-state index contributed by atoms with van der Waals surface area (Å²) in [7, 11) is 2.93. The van der Waals surface area contributed by atoms with Gasteiger partial charge in [0.2, 0.25) is 0 Å². The normalized spacial score (nSPS) is 9.71. The fourth-order valence-corrected chi connectivity index (χ4v) is 1.97. The number of hydrogen-bond acceptors (Lipinski definition) is 7. The average Bonchev–Trinajstić information content (AvgIpc) is 2.56. The molecule has 132 valence electrons. The van der Waals surface area contributed by atoms with Gasteiger partial charge < -0.3 is 24.3 Å². The molecule has 0 saturated heterocycles. The number of ether oxygens (including phenoxy) is 4. The van der Waals surface area contributed by atoms with Gasteiger partial charge in [-0.25, -0.2) is 9.59 Å². The summed E-state index contributed by atoms with van der Waals surface area (Å²) in [6.45, 7) is 3.55. The fraction of sp³-hybridized carbons (Fsp3) is 0.375. The van der Waals surface area contributed by atoms with Crippen LogP contribution in [0.3, 0.4) is 0 Å². The molecule has 1 rings (SSSR count). The van der Waals surface area contributed by atoms with Crippen LogP contribution in [-0.2, 0) is 19.1 Å². The number of esters is 2. The molecule has 0 radical (unpaired) electrons. The molecule has 7 nitrogen and oxygen atoms in total. The van der Waals surface area contributed by atoms with Gasteiger partial charge in [-0.2, -0.15) is 0 Å². The molecule has 1 aromatic rings. The van der Waals surface area contributed by atoms with Crippen LogP contribution < -0.4 is 14.8 Å². The number of anilines is 1. The van der Waals surface area contributed by atoms with Gasteiger partial charge in [0.05, 0.1) is 38.1 Å². The molecule has 0 fully saturated rings. The van der Waals surface area contributed by atoms with Crippen LogP contribution in [0.2, 0.25) is 5.02 Å². The molecule has 1 N–H and O–H groups in total. The number of methoxy groups -OCH3 is 2. The van der Waals surface area contributed by atoms with Crippen LogP contribution in [0.4, 0.5) is 5.69 Å². The Kier molecular flexibility index (Phi) is 7.91. The van der Waals surface area contributed by atoms with Gasteiger partial charge in [-0.1, -0.05) is 11.6 Å². The van der Waals surface area contributed by atoms with E-state index < -0.39 is 11.9 Å². The molecule has 8 heteroatoms. The van der Waals surface area contributed by atoms with Gasteiger partial charge in [0.15, 0.2) is 5.57 Å². The summed E-state index contributed by atoms with van der Waals surface area (Å²) in [5.74, 6) is -0.766. The average molecular weight is 358 g/mol. The Balaban J connectivity index is 3.16. The van der Waals surface area contributed by atoms with Gasteiger partial charge in [-0.05, 0) is 13.8 Å². The second kappa shape index (κ2) is 9.67. The van der Waals surface area contributed by atoms with Gasteiger partial charge in [0.1, 0.15) is 11.5 Å². The predicted molar refractivity (Wildman–Crippen MR) is 89.5 cm³/mol. The van der Waals surface area contributed by atoms with E-state index in [9.17, 15) is 9.59 Å². The van der Waals surface area contributed by atoms with Crippen molar-refractivity contribution in [3.8, 4) is 11.5 Å². The van der Waals surface area contributed by atoms with Crippen LogP contribution in [0.1, 0.15) is 13.8 Å². The molecule has 0 aliphatic rings. The molecule has 0 bridgehead atoms. The Labute approximate surface area is 145 Å². The van der Waals surface area contributed by atoms with Crippen molar-refractivity contribution in [1.82, 2.24) is 0 Å². The summed E-state index contributed by atoms with van der Waals surface area (Å²) in [6, 6.07) is 3.12. The van der Waals surface area contributed by atoms with Crippen molar-refractivity contribution < 1.29 is 28.5 Å². The number of benzene rings is 1. The predicted octanol–water partition coefficient (Wildman–Crippen LogP) is 2.78. The summed E-state index contributed by atoms with van der Waals surface area (Å²) < 4.78 is 20.1. The lowest BCUT2D eigenvalue weighted by Crippen LogP contribution is -2.19. The van der Waals surface area contributed by atoms with E-state index in [2.05, 4.69) is 5.32 Å². The molecular formula is C16H20ClNO6. The first kappa shape index (κ1) is 19.6. The molecule has 0 saturated carbocycles. The van der Waals surface area contributed by atoms with Crippen LogP contribution in [0, 0.1) is 0 Å². The highest BCUT2D eigenvalue weighted by Gasteiger charge is 2.21. The van der Waals surface area contributed by atoms with E-state index in [-0.39, 0.29) is 18.8 Å². The molecule has 0 aliphatic heterocycles. The highest BCUT2D eigenvalue weighted by molar-refractivity contribution is 6.32. The Morgan fingerprint density at radius 2 is 1.58 bits per heavy atom. The van der Waals surface area contributed by atoms with E-state index in [1.165, 1.54) is 20.4 Å². The quantitative estimate of drug-likeness (QED) is 0.331. The summed E-state index contributed by atoms with van der Waals surface area (Å²) in [4.78, 5) is 23.8.